The van der Waals surface area contributed by atoms with E-state index in [-0.39, 0.29) is 56.7 Å². The third kappa shape index (κ3) is 7.29. The quantitative estimate of drug-likeness (QED) is 0.286. The van der Waals surface area contributed by atoms with Crippen LogP contribution in [0.25, 0.3) is 0 Å². The highest BCUT2D eigenvalue weighted by Gasteiger charge is 2.41. The Kier molecular flexibility index (Phi) is 10.3. The molecule has 2 aliphatic heterocycles. The number of amides is 1. The molecule has 44 heavy (non-hydrogen) atoms. The molecule has 1 atom stereocenters. The van der Waals surface area contributed by atoms with E-state index in [0.29, 0.717) is 38.3 Å². The van der Waals surface area contributed by atoms with Crippen molar-refractivity contribution in [2.75, 3.05) is 32.7 Å². The number of nitrogens with one attached hydrogen (secondary N) is 1. The van der Waals surface area contributed by atoms with Crippen molar-refractivity contribution in [3.8, 4) is 0 Å². The molecule has 5 rings (SSSR count). The number of piperazine rings is 1. The Bertz CT molecular complexity index is 1440. The van der Waals surface area contributed by atoms with Crippen LogP contribution in [-0.2, 0) is 20.8 Å². The highest BCUT2D eigenvalue weighted by atomic mass is 35.5. The Balaban J connectivity index is 1.42. The molecule has 2 aromatic rings. The SMILES string of the molecule is NC1(CN2CCN(C(=O)CC3=C(C(=O)O)C(c4c(Cl)cccc4Cl)C(C(=O)O)=C(CCc4nccs4)N3)CC2)CCCCC1. The predicted octanol–water partition coefficient (Wildman–Crippen LogP) is 4.64. The number of carbonyl (C=O) groups is 3. The van der Waals surface area contributed by atoms with Gasteiger partial charge in [0.15, 0.2) is 0 Å². The highest BCUT2D eigenvalue weighted by Crippen LogP contribution is 2.45. The molecule has 0 bridgehead atoms. The van der Waals surface area contributed by atoms with Crippen LogP contribution in [0, 0.1) is 0 Å². The van der Waals surface area contributed by atoms with E-state index in [0.717, 1.165) is 37.2 Å². The number of rotatable bonds is 10. The molecule has 1 aliphatic carbocycles. The molecule has 1 unspecified atom stereocenters. The summed E-state index contributed by atoms with van der Waals surface area (Å²) in [6, 6.07) is 4.70. The van der Waals surface area contributed by atoms with Gasteiger partial charge in [0.1, 0.15) is 0 Å². The van der Waals surface area contributed by atoms with E-state index in [2.05, 4.69) is 15.2 Å². The number of benzene rings is 1. The maximum Gasteiger partial charge on any atom is 0.334 e. The van der Waals surface area contributed by atoms with Gasteiger partial charge in [0, 0.05) is 83.3 Å². The van der Waals surface area contributed by atoms with Crippen molar-refractivity contribution in [2.24, 2.45) is 5.73 Å². The van der Waals surface area contributed by atoms with Crippen molar-refractivity contribution in [1.29, 1.82) is 0 Å². The second kappa shape index (κ2) is 14.0. The Morgan fingerprint density at radius 1 is 0.977 bits per heavy atom. The van der Waals surface area contributed by atoms with E-state index in [4.69, 9.17) is 28.9 Å². The van der Waals surface area contributed by atoms with Crippen LogP contribution < -0.4 is 11.1 Å². The lowest BCUT2D eigenvalue weighted by Gasteiger charge is -2.42. The van der Waals surface area contributed by atoms with Crippen LogP contribution in [0.4, 0.5) is 0 Å². The first-order chi connectivity index (χ1) is 21.1. The van der Waals surface area contributed by atoms with E-state index in [1.165, 1.54) is 17.8 Å². The molecular formula is C31H37Cl2N5O5S. The molecule has 13 heteroatoms. The second-order valence-electron chi connectivity index (χ2n) is 11.8. The van der Waals surface area contributed by atoms with Gasteiger partial charge in [0.05, 0.1) is 28.5 Å². The largest absolute Gasteiger partial charge is 0.478 e. The second-order valence-corrected chi connectivity index (χ2v) is 13.6. The van der Waals surface area contributed by atoms with E-state index in [9.17, 15) is 24.6 Å². The number of aromatic nitrogens is 1. The van der Waals surface area contributed by atoms with Gasteiger partial charge >= 0.3 is 11.9 Å². The summed E-state index contributed by atoms with van der Waals surface area (Å²) in [6.45, 7) is 3.16. The molecule has 236 valence electrons. The molecule has 1 aromatic carbocycles. The minimum Gasteiger partial charge on any atom is -0.478 e. The minimum absolute atomic E-state index is 0.133. The van der Waals surface area contributed by atoms with Crippen LogP contribution in [0.5, 0.6) is 0 Å². The molecule has 10 nitrogen and oxygen atoms in total. The highest BCUT2D eigenvalue weighted by molar-refractivity contribution is 7.09. The van der Waals surface area contributed by atoms with Gasteiger partial charge in [-0.3, -0.25) is 9.69 Å². The van der Waals surface area contributed by atoms with Crippen LogP contribution in [0.2, 0.25) is 10.0 Å². The molecule has 3 heterocycles. The lowest BCUT2D eigenvalue weighted by Crippen LogP contribution is -2.56. The number of nitrogens with two attached hydrogens (primary N) is 1. The van der Waals surface area contributed by atoms with E-state index < -0.39 is 17.9 Å². The van der Waals surface area contributed by atoms with Gasteiger partial charge in [-0.15, -0.1) is 11.3 Å². The summed E-state index contributed by atoms with van der Waals surface area (Å²) < 4.78 is 0. The van der Waals surface area contributed by atoms with Crippen molar-refractivity contribution in [1.82, 2.24) is 20.1 Å². The number of carbonyl (C=O) groups excluding carboxylic acids is 1. The van der Waals surface area contributed by atoms with Gasteiger partial charge in [0.25, 0.3) is 0 Å². The summed E-state index contributed by atoms with van der Waals surface area (Å²) in [6.07, 6.45) is 7.63. The standard InChI is InChI=1S/C31H37Cl2N5O5S/c32-19-5-4-6-20(33)25(19)28-26(29(40)41)21(7-8-23-35-11-16-44-23)36-22(27(28)30(42)43)17-24(39)38-14-12-37(13-15-38)18-31(34)9-2-1-3-10-31/h4-6,11,16,28,36H,1-3,7-10,12-15,17-18,34H2,(H,40,41)(H,42,43). The zero-order chi connectivity index (χ0) is 31.4. The fraction of sp³-hybridized carbons (Fsp3) is 0.484. The van der Waals surface area contributed by atoms with E-state index >= 15 is 0 Å². The Morgan fingerprint density at radius 3 is 2.20 bits per heavy atom. The van der Waals surface area contributed by atoms with Gasteiger partial charge in [-0.05, 0) is 31.4 Å². The van der Waals surface area contributed by atoms with Crippen molar-refractivity contribution < 1.29 is 24.6 Å². The number of nitrogens with zero attached hydrogens (tertiary/aromatic N) is 3. The van der Waals surface area contributed by atoms with E-state index in [1.807, 2.05) is 5.38 Å². The summed E-state index contributed by atoms with van der Waals surface area (Å²) in [7, 11) is 0. The summed E-state index contributed by atoms with van der Waals surface area (Å²) in [5.41, 5.74) is 6.67. The average Bonchev–Trinajstić information content (AvgIpc) is 3.50. The summed E-state index contributed by atoms with van der Waals surface area (Å²) in [5, 5.41) is 26.9. The Morgan fingerprint density at radius 2 is 1.61 bits per heavy atom. The molecule has 1 amide bonds. The molecule has 1 saturated heterocycles. The van der Waals surface area contributed by atoms with Crippen molar-refractivity contribution in [3.05, 3.63) is 72.9 Å². The van der Waals surface area contributed by atoms with Gasteiger partial charge in [-0.25, -0.2) is 14.6 Å². The molecule has 0 radical (unpaired) electrons. The number of carboxylic acids is 2. The lowest BCUT2D eigenvalue weighted by molar-refractivity contribution is -0.133. The lowest BCUT2D eigenvalue weighted by atomic mass is 9.79. The fourth-order valence-electron chi connectivity index (χ4n) is 6.61. The summed E-state index contributed by atoms with van der Waals surface area (Å²) in [5.74, 6) is -4.20. The smallest absolute Gasteiger partial charge is 0.334 e. The van der Waals surface area contributed by atoms with Gasteiger partial charge in [0.2, 0.25) is 5.91 Å². The number of aliphatic carboxylic acids is 2. The number of allylic oxidation sites excluding steroid dienone is 1. The first kappa shape index (κ1) is 32.4. The third-order valence-electron chi connectivity index (χ3n) is 8.79. The molecule has 3 aliphatic rings. The number of hydrogen-bond acceptors (Lipinski definition) is 8. The maximum atomic E-state index is 13.7. The van der Waals surface area contributed by atoms with Gasteiger partial charge in [-0.1, -0.05) is 48.5 Å². The summed E-state index contributed by atoms with van der Waals surface area (Å²) >= 11 is 14.5. The van der Waals surface area contributed by atoms with Crippen LogP contribution in [0.1, 0.15) is 61.4 Å². The Hall–Kier alpha value is -2.96. The first-order valence-electron chi connectivity index (χ1n) is 14.9. The monoisotopic (exact) mass is 661 g/mol. The normalized spacial score (nSPS) is 20.9. The van der Waals surface area contributed by atoms with Crippen LogP contribution >= 0.6 is 34.5 Å². The summed E-state index contributed by atoms with van der Waals surface area (Å²) in [4.78, 5) is 47.6. The first-order valence-corrected chi connectivity index (χ1v) is 16.5. The molecule has 0 spiro atoms. The van der Waals surface area contributed by atoms with Crippen molar-refractivity contribution >= 4 is 52.4 Å². The van der Waals surface area contributed by atoms with Gasteiger partial charge in [-0.2, -0.15) is 0 Å². The maximum absolute atomic E-state index is 13.7. The van der Waals surface area contributed by atoms with Crippen molar-refractivity contribution in [3.63, 3.8) is 0 Å². The fourth-order valence-corrected chi connectivity index (χ4v) is 7.85. The van der Waals surface area contributed by atoms with Gasteiger partial charge < -0.3 is 26.2 Å². The average molecular weight is 663 g/mol. The topological polar surface area (TPSA) is 149 Å². The van der Waals surface area contributed by atoms with Crippen molar-refractivity contribution in [2.45, 2.75) is 62.8 Å². The van der Waals surface area contributed by atoms with Crippen LogP contribution in [-0.4, -0.2) is 81.1 Å². The minimum atomic E-state index is -1.36. The molecule has 1 saturated carbocycles. The number of carboxylic acid groups (broad SMARTS) is 2. The number of thiazole rings is 1. The molecular weight excluding hydrogens is 625 g/mol. The number of dihydropyridines is 1. The van der Waals surface area contributed by atoms with E-state index in [1.54, 1.807) is 29.3 Å². The number of aryl methyl sites for hydroxylation is 1. The molecule has 1 aromatic heterocycles. The molecule has 5 N–H and O–H groups in total. The third-order valence-corrected chi connectivity index (χ3v) is 10.3. The number of hydrogen-bond donors (Lipinski definition) is 4. The predicted molar refractivity (Wildman–Crippen MR) is 170 cm³/mol. The van der Waals surface area contributed by atoms with Crippen LogP contribution in [0.15, 0.2) is 52.3 Å². The van der Waals surface area contributed by atoms with Crippen LogP contribution in [0.3, 0.4) is 0 Å². The zero-order valence-electron chi connectivity index (χ0n) is 24.4. The Labute approximate surface area is 270 Å². The molecule has 2 fully saturated rings. The number of halogens is 2. The zero-order valence-corrected chi connectivity index (χ0v) is 26.7.